The van der Waals surface area contributed by atoms with Gasteiger partial charge in [0.25, 0.3) is 0 Å². The normalized spacial score (nSPS) is 15.4. The van der Waals surface area contributed by atoms with E-state index in [1.54, 1.807) is 11.1 Å². The van der Waals surface area contributed by atoms with E-state index in [-0.39, 0.29) is 5.92 Å². The van der Waals surface area contributed by atoms with Gasteiger partial charge < -0.3 is 0 Å². The van der Waals surface area contributed by atoms with E-state index in [0.717, 1.165) is 25.7 Å². The second-order valence-corrected chi connectivity index (χ2v) is 21.8. The standard InChI is InChI=1S/C77H50/c1-5-21-46(22-6-1)50-29-13-16-32-53(50)69-55-34-18-15-31-52(55)66(48-25-9-3-10-26-48)45-67-62-38-37-58-60-40-43-64-74-65(44-41-61(71(60)74)59-39-42-63(75(67)69)73(62)70(58)59)77-72(54-33-17-14-30-51(54)47-23-7-2-8-24-47)57-36-20-19-35-56(57)68(76(64)77)49-27-11-4-12-28-49/h1-38,40,43,45,67H,39,41-42,44H2. The highest BCUT2D eigenvalue weighted by Crippen LogP contribution is 2.57. The number of aryl methyl sites for hydroxylation is 2. The Morgan fingerprint density at radius 2 is 0.740 bits per heavy atom. The molecule has 0 amide bonds. The molecule has 0 spiro atoms. The first-order valence-corrected chi connectivity index (χ1v) is 27.6. The second kappa shape index (κ2) is 16.6. The zero-order chi connectivity index (χ0) is 50.3. The van der Waals surface area contributed by atoms with Crippen molar-refractivity contribution in [3.63, 3.8) is 0 Å². The summed E-state index contributed by atoms with van der Waals surface area (Å²) in [5.74, 6) is 0.0843. The summed E-state index contributed by atoms with van der Waals surface area (Å²) in [6.45, 7) is 0. The van der Waals surface area contributed by atoms with Crippen molar-refractivity contribution in [1.29, 1.82) is 0 Å². The van der Waals surface area contributed by atoms with Gasteiger partial charge in [-0.15, -0.1) is 0 Å². The van der Waals surface area contributed by atoms with Crippen LogP contribution >= 0.6 is 0 Å². The fourth-order valence-electron chi connectivity index (χ4n) is 15.2. The molecule has 17 rings (SSSR count). The Morgan fingerprint density at radius 3 is 1.38 bits per heavy atom. The first-order valence-electron chi connectivity index (χ1n) is 27.6. The highest BCUT2D eigenvalue weighted by Gasteiger charge is 2.40. The van der Waals surface area contributed by atoms with E-state index in [4.69, 9.17) is 0 Å². The molecule has 5 aliphatic carbocycles. The van der Waals surface area contributed by atoms with Crippen LogP contribution in [0.4, 0.5) is 0 Å². The second-order valence-electron chi connectivity index (χ2n) is 21.8. The Kier molecular flexibility index (Phi) is 9.24. The van der Waals surface area contributed by atoms with Gasteiger partial charge in [-0.05, 0) is 196 Å². The van der Waals surface area contributed by atoms with E-state index in [1.807, 2.05) is 0 Å². The molecule has 0 bridgehead atoms. The van der Waals surface area contributed by atoms with Gasteiger partial charge >= 0.3 is 0 Å². The van der Waals surface area contributed by atoms with E-state index in [9.17, 15) is 0 Å². The molecule has 0 N–H and O–H groups in total. The molecule has 1 atom stereocenters. The number of allylic oxidation sites excluding steroid dienone is 2. The van der Waals surface area contributed by atoms with Crippen LogP contribution in [-0.4, -0.2) is 0 Å². The van der Waals surface area contributed by atoms with Crippen molar-refractivity contribution >= 4 is 54.6 Å². The van der Waals surface area contributed by atoms with Crippen LogP contribution in [0, 0.1) is 0 Å². The zero-order valence-corrected chi connectivity index (χ0v) is 42.6. The largest absolute Gasteiger partial charge is 0.0641 e. The lowest BCUT2D eigenvalue weighted by atomic mass is 9.77. The lowest BCUT2D eigenvalue weighted by Gasteiger charge is -2.26. The van der Waals surface area contributed by atoms with Crippen LogP contribution in [0.1, 0.15) is 63.3 Å². The highest BCUT2D eigenvalue weighted by atomic mass is 14.4. The van der Waals surface area contributed by atoms with E-state index in [1.165, 1.54) is 160 Å². The minimum Gasteiger partial charge on any atom is -0.0641 e. The summed E-state index contributed by atoms with van der Waals surface area (Å²) in [5, 5.41) is 11.4. The van der Waals surface area contributed by atoms with Crippen molar-refractivity contribution in [2.45, 2.75) is 31.6 Å². The quantitative estimate of drug-likeness (QED) is 0.146. The molecule has 1 unspecified atom stereocenters. The van der Waals surface area contributed by atoms with Crippen LogP contribution in [-0.2, 0) is 12.8 Å². The summed E-state index contributed by atoms with van der Waals surface area (Å²) in [5.41, 5.74) is 31.5. The number of fused-ring (bicyclic) bond motifs is 10. The molecule has 0 aliphatic heterocycles. The van der Waals surface area contributed by atoms with Crippen molar-refractivity contribution in [1.82, 2.24) is 0 Å². The molecule has 0 heterocycles. The molecule has 0 radical (unpaired) electrons. The van der Waals surface area contributed by atoms with Crippen LogP contribution in [0.5, 0.6) is 0 Å². The molecule has 12 aromatic rings. The monoisotopic (exact) mass is 974 g/mol. The Morgan fingerprint density at radius 1 is 0.273 bits per heavy atom. The van der Waals surface area contributed by atoms with Crippen LogP contribution in [0.25, 0.3) is 110 Å². The van der Waals surface area contributed by atoms with E-state index < -0.39 is 0 Å². The Hall–Kier alpha value is -9.36. The summed E-state index contributed by atoms with van der Waals surface area (Å²) < 4.78 is 0. The van der Waals surface area contributed by atoms with Crippen LogP contribution in [0.2, 0.25) is 0 Å². The average molecular weight is 975 g/mol. The summed E-state index contributed by atoms with van der Waals surface area (Å²) in [6.07, 6.45) is 6.69. The Bertz CT molecular complexity index is 4740. The first kappa shape index (κ1) is 42.9. The van der Waals surface area contributed by atoms with Crippen molar-refractivity contribution in [3.8, 4) is 55.6 Å². The van der Waals surface area contributed by atoms with Crippen LogP contribution < -0.4 is 10.4 Å². The number of benzene rings is 12. The van der Waals surface area contributed by atoms with Gasteiger partial charge in [-0.2, -0.15) is 0 Å². The number of hydrogen-bond donors (Lipinski definition) is 0. The van der Waals surface area contributed by atoms with Gasteiger partial charge in [0.2, 0.25) is 0 Å². The molecule has 0 saturated heterocycles. The van der Waals surface area contributed by atoms with Crippen molar-refractivity contribution in [2.75, 3.05) is 0 Å². The van der Waals surface area contributed by atoms with Gasteiger partial charge in [0.05, 0.1) is 0 Å². The Labute approximate surface area is 448 Å². The molecule has 77 heavy (non-hydrogen) atoms. The van der Waals surface area contributed by atoms with Gasteiger partial charge in [0.1, 0.15) is 0 Å². The predicted octanol–water partition coefficient (Wildman–Crippen LogP) is 18.1. The van der Waals surface area contributed by atoms with E-state index >= 15 is 0 Å². The van der Waals surface area contributed by atoms with E-state index in [0.29, 0.717) is 0 Å². The topological polar surface area (TPSA) is 0 Å². The third-order valence-corrected chi connectivity index (χ3v) is 18.1. The lowest BCUT2D eigenvalue weighted by molar-refractivity contribution is 0.938. The SMILES string of the molecule is C1=C(c2ccccc2)c2ccccc2C(c2ccccc2-c2ccccc2)=C2C3=c4c(ccc5c4c(c4c6c7c(ccc65)-c5c(c(-c6ccccc6-c6ccccc6)c6ccccc6c5-c5ccccc5)C=7CC4)CC3)C12. The van der Waals surface area contributed by atoms with Crippen molar-refractivity contribution in [2.24, 2.45) is 0 Å². The van der Waals surface area contributed by atoms with Crippen LogP contribution in [0.15, 0.2) is 254 Å². The lowest BCUT2D eigenvalue weighted by Crippen LogP contribution is -2.21. The van der Waals surface area contributed by atoms with Crippen molar-refractivity contribution < 1.29 is 0 Å². The molecule has 358 valence electrons. The molecular weight excluding hydrogens is 925 g/mol. The predicted molar refractivity (Wildman–Crippen MR) is 323 cm³/mol. The maximum absolute atomic E-state index is 2.64. The third kappa shape index (κ3) is 6.04. The summed E-state index contributed by atoms with van der Waals surface area (Å²) in [6, 6.07) is 91.4. The van der Waals surface area contributed by atoms with Gasteiger partial charge in [0.15, 0.2) is 0 Å². The minimum absolute atomic E-state index is 0.0843. The smallest absolute Gasteiger partial charge is 0.0294 e. The molecule has 12 aromatic carbocycles. The average Bonchev–Trinajstić information content (AvgIpc) is 3.99. The van der Waals surface area contributed by atoms with Gasteiger partial charge in [0, 0.05) is 5.92 Å². The van der Waals surface area contributed by atoms with Gasteiger partial charge in [-0.3, -0.25) is 0 Å². The number of rotatable bonds is 6. The third-order valence-electron chi connectivity index (χ3n) is 18.1. The fraction of sp³-hybridized carbons (Fsp3) is 0.0649. The summed E-state index contributed by atoms with van der Waals surface area (Å²) in [7, 11) is 0. The molecule has 0 fully saturated rings. The van der Waals surface area contributed by atoms with Crippen molar-refractivity contribution in [3.05, 3.63) is 309 Å². The molecule has 0 aromatic heterocycles. The van der Waals surface area contributed by atoms with Gasteiger partial charge in [-0.25, -0.2) is 0 Å². The summed E-state index contributed by atoms with van der Waals surface area (Å²) >= 11 is 0. The minimum atomic E-state index is 0.0843. The maximum Gasteiger partial charge on any atom is 0.0294 e. The maximum atomic E-state index is 2.64. The summed E-state index contributed by atoms with van der Waals surface area (Å²) in [4.78, 5) is 0. The van der Waals surface area contributed by atoms with Gasteiger partial charge in [-0.1, -0.05) is 249 Å². The number of hydrogen-bond acceptors (Lipinski definition) is 0. The zero-order valence-electron chi connectivity index (χ0n) is 42.6. The molecule has 0 saturated carbocycles. The molecule has 0 heteroatoms. The van der Waals surface area contributed by atoms with E-state index in [2.05, 4.69) is 249 Å². The van der Waals surface area contributed by atoms with Crippen LogP contribution in [0.3, 0.4) is 0 Å². The Balaban J connectivity index is 0.986. The molecule has 0 nitrogen and oxygen atoms in total. The first-order chi connectivity index (χ1) is 38.3. The highest BCUT2D eigenvalue weighted by molar-refractivity contribution is 6.23. The molecule has 5 aliphatic rings. The fourth-order valence-corrected chi connectivity index (χ4v) is 15.2. The molecular formula is C77H50.